The van der Waals surface area contributed by atoms with E-state index in [1.54, 1.807) is 18.5 Å². The summed E-state index contributed by atoms with van der Waals surface area (Å²) in [7, 11) is 1.88. The number of amides is 1. The van der Waals surface area contributed by atoms with Crippen molar-refractivity contribution in [3.05, 3.63) is 70.8 Å². The van der Waals surface area contributed by atoms with Gasteiger partial charge >= 0.3 is 12.1 Å². The molecule has 3 aliphatic heterocycles. The van der Waals surface area contributed by atoms with Crippen LogP contribution in [0.2, 0.25) is 0 Å². The lowest BCUT2D eigenvalue weighted by molar-refractivity contribution is -0.142. The molecule has 44 heavy (non-hydrogen) atoms. The summed E-state index contributed by atoms with van der Waals surface area (Å²) in [5, 5.41) is 8.19. The lowest BCUT2D eigenvalue weighted by Gasteiger charge is -2.60. The van der Waals surface area contributed by atoms with Gasteiger partial charge in [-0.3, -0.25) is 9.59 Å². The second-order valence-electron chi connectivity index (χ2n) is 13.0. The van der Waals surface area contributed by atoms with Crippen molar-refractivity contribution in [1.82, 2.24) is 14.8 Å². The normalized spacial score (nSPS) is 20.2. The molecule has 0 radical (unpaired) electrons. The number of carbonyl (C=O) groups excluding carboxylic acids is 2. The summed E-state index contributed by atoms with van der Waals surface area (Å²) in [6, 6.07) is 10.3. The van der Waals surface area contributed by atoms with Crippen LogP contribution in [0.3, 0.4) is 0 Å². The molecule has 1 aromatic heterocycles. The fourth-order valence-corrected chi connectivity index (χ4v) is 7.47. The van der Waals surface area contributed by atoms with E-state index in [0.29, 0.717) is 56.6 Å². The predicted molar refractivity (Wildman–Crippen MR) is 154 cm³/mol. The zero-order valence-electron chi connectivity index (χ0n) is 24.7. The van der Waals surface area contributed by atoms with Crippen molar-refractivity contribution in [2.24, 2.45) is 18.4 Å². The van der Waals surface area contributed by atoms with Gasteiger partial charge in [-0.15, -0.1) is 10.2 Å². The number of ether oxygens (including phenoxy) is 2. The number of nitrogens with zero attached hydrogens (tertiary/aromatic N) is 5. The Morgan fingerprint density at radius 1 is 1.14 bits per heavy atom. The molecule has 12 heteroatoms. The average molecular weight is 610 g/mol. The van der Waals surface area contributed by atoms with Gasteiger partial charge in [-0.1, -0.05) is 12.1 Å². The first kappa shape index (κ1) is 28.8. The van der Waals surface area contributed by atoms with Crippen LogP contribution < -0.4 is 9.80 Å². The topological polar surface area (TPSA) is 89.8 Å². The van der Waals surface area contributed by atoms with Gasteiger partial charge in [0.05, 0.1) is 31.9 Å². The number of halogens is 3. The third-order valence-electron chi connectivity index (χ3n) is 9.85. The molecule has 232 valence electrons. The standard InChI is InChI=1S/C32H34F3N5O4/c1-20(41)44-7-6-21-11-30(12-21)15-39(16-30)24-9-25-26(27(10-24)32(33,34)35)14-40(29(25)42)23-5-3-4-22(8-23)31(17-43-18-31)13-28-37-36-19-38(28)2/h3-5,8-10,19,21H,6-7,11-18H2,1-2H3. The molecule has 1 saturated carbocycles. The molecule has 0 N–H and O–H groups in total. The van der Waals surface area contributed by atoms with Crippen molar-refractivity contribution in [2.45, 2.75) is 50.7 Å². The van der Waals surface area contributed by atoms with Crippen LogP contribution in [-0.2, 0) is 45.9 Å². The first-order chi connectivity index (χ1) is 21.0. The van der Waals surface area contributed by atoms with Crippen molar-refractivity contribution in [3.8, 4) is 0 Å². The van der Waals surface area contributed by atoms with Crippen molar-refractivity contribution >= 4 is 23.3 Å². The number of rotatable bonds is 8. The second-order valence-corrected chi connectivity index (χ2v) is 13.0. The quantitative estimate of drug-likeness (QED) is 0.343. The molecule has 7 rings (SSSR count). The Labute approximate surface area is 252 Å². The minimum atomic E-state index is -4.59. The Morgan fingerprint density at radius 3 is 2.55 bits per heavy atom. The van der Waals surface area contributed by atoms with Crippen molar-refractivity contribution in [1.29, 1.82) is 0 Å². The predicted octanol–water partition coefficient (Wildman–Crippen LogP) is 4.67. The SMILES string of the molecule is CC(=O)OCCC1CC2(C1)CN(c1cc3c(c(C(F)(F)F)c1)CN(c1cccc(C4(Cc5nncn5C)COC4)c1)C3=O)C2. The molecular weight excluding hydrogens is 575 g/mol. The molecular formula is C32H34F3N5O4. The van der Waals surface area contributed by atoms with E-state index in [1.165, 1.54) is 17.9 Å². The highest BCUT2D eigenvalue weighted by Gasteiger charge is 2.52. The second kappa shape index (κ2) is 10.3. The van der Waals surface area contributed by atoms with Crippen LogP contribution in [0.25, 0.3) is 0 Å². The van der Waals surface area contributed by atoms with Crippen LogP contribution >= 0.6 is 0 Å². The Morgan fingerprint density at radius 2 is 1.91 bits per heavy atom. The number of esters is 1. The molecule has 4 heterocycles. The van der Waals surface area contributed by atoms with E-state index in [0.717, 1.165) is 30.7 Å². The van der Waals surface area contributed by atoms with Gasteiger partial charge in [0.15, 0.2) is 0 Å². The number of hydrogen-bond donors (Lipinski definition) is 0. The average Bonchev–Trinajstić information content (AvgIpc) is 3.47. The molecule has 0 unspecified atom stereocenters. The molecule has 2 saturated heterocycles. The molecule has 4 aliphatic rings. The van der Waals surface area contributed by atoms with Crippen molar-refractivity contribution in [2.75, 3.05) is 42.7 Å². The smallest absolute Gasteiger partial charge is 0.416 e. The van der Waals surface area contributed by atoms with Gasteiger partial charge in [0, 0.05) is 61.2 Å². The lowest BCUT2D eigenvalue weighted by Crippen LogP contribution is -2.62. The van der Waals surface area contributed by atoms with Gasteiger partial charge in [0.25, 0.3) is 5.91 Å². The van der Waals surface area contributed by atoms with Crippen LogP contribution in [0.15, 0.2) is 42.7 Å². The van der Waals surface area contributed by atoms with Gasteiger partial charge < -0.3 is 23.8 Å². The van der Waals surface area contributed by atoms with E-state index in [-0.39, 0.29) is 34.5 Å². The Balaban J connectivity index is 1.10. The molecule has 0 atom stereocenters. The van der Waals surface area contributed by atoms with Crippen molar-refractivity contribution < 1.29 is 32.2 Å². The van der Waals surface area contributed by atoms with Crippen LogP contribution in [0.4, 0.5) is 24.5 Å². The largest absolute Gasteiger partial charge is 0.466 e. The van der Waals surface area contributed by atoms with E-state index in [4.69, 9.17) is 9.47 Å². The molecule has 1 aliphatic carbocycles. The van der Waals surface area contributed by atoms with Crippen LogP contribution in [0.1, 0.15) is 59.1 Å². The fourth-order valence-electron chi connectivity index (χ4n) is 7.47. The van der Waals surface area contributed by atoms with Crippen LogP contribution in [0.5, 0.6) is 0 Å². The molecule has 9 nitrogen and oxygen atoms in total. The number of hydrogen-bond acceptors (Lipinski definition) is 7. The van der Waals surface area contributed by atoms with Gasteiger partial charge in [0.1, 0.15) is 12.2 Å². The number of aromatic nitrogens is 3. The highest BCUT2D eigenvalue weighted by molar-refractivity contribution is 6.11. The van der Waals surface area contributed by atoms with E-state index in [9.17, 15) is 22.8 Å². The number of anilines is 2. The summed E-state index contributed by atoms with van der Waals surface area (Å²) in [4.78, 5) is 28.2. The summed E-state index contributed by atoms with van der Waals surface area (Å²) >= 11 is 0. The lowest BCUT2D eigenvalue weighted by atomic mass is 9.57. The minimum Gasteiger partial charge on any atom is -0.466 e. The van der Waals surface area contributed by atoms with Gasteiger partial charge in [-0.25, -0.2) is 0 Å². The molecule has 3 fully saturated rings. The summed E-state index contributed by atoms with van der Waals surface area (Å²) in [6.07, 6.45) is 0.374. The maximum absolute atomic E-state index is 14.4. The van der Waals surface area contributed by atoms with E-state index in [1.807, 2.05) is 34.7 Å². The van der Waals surface area contributed by atoms with Gasteiger partial charge in [0.2, 0.25) is 0 Å². The first-order valence-corrected chi connectivity index (χ1v) is 14.9. The van der Waals surface area contributed by atoms with E-state index in [2.05, 4.69) is 10.2 Å². The highest BCUT2D eigenvalue weighted by atomic mass is 19.4. The van der Waals surface area contributed by atoms with Crippen LogP contribution in [-0.4, -0.2) is 59.6 Å². The zero-order valence-corrected chi connectivity index (χ0v) is 24.7. The van der Waals surface area contributed by atoms with Gasteiger partial charge in [-0.2, -0.15) is 13.2 Å². The maximum atomic E-state index is 14.4. The van der Waals surface area contributed by atoms with E-state index < -0.39 is 17.6 Å². The number of fused-ring (bicyclic) bond motifs is 1. The van der Waals surface area contributed by atoms with Crippen LogP contribution in [0, 0.1) is 11.3 Å². The number of carbonyl (C=O) groups is 2. The highest BCUT2D eigenvalue weighted by Crippen LogP contribution is 2.54. The Hall–Kier alpha value is -3.93. The molecule has 1 amide bonds. The number of benzene rings is 2. The molecule has 3 aromatic rings. The Kier molecular flexibility index (Phi) is 6.76. The summed E-state index contributed by atoms with van der Waals surface area (Å²) < 4.78 is 55.7. The summed E-state index contributed by atoms with van der Waals surface area (Å²) in [5.74, 6) is 0.542. The zero-order chi connectivity index (χ0) is 30.9. The van der Waals surface area contributed by atoms with Crippen molar-refractivity contribution in [3.63, 3.8) is 0 Å². The summed E-state index contributed by atoms with van der Waals surface area (Å²) in [5.41, 5.74) is 1.03. The summed E-state index contributed by atoms with van der Waals surface area (Å²) in [6.45, 7) is 3.91. The molecule has 2 aromatic carbocycles. The number of alkyl halides is 3. The fraction of sp³-hybridized carbons (Fsp3) is 0.500. The van der Waals surface area contributed by atoms with Gasteiger partial charge in [-0.05, 0) is 60.6 Å². The maximum Gasteiger partial charge on any atom is 0.416 e. The number of aryl methyl sites for hydroxylation is 1. The monoisotopic (exact) mass is 609 g/mol. The Bertz CT molecular complexity index is 1620. The third-order valence-corrected chi connectivity index (χ3v) is 9.85. The van der Waals surface area contributed by atoms with E-state index >= 15 is 0 Å². The molecule has 0 bridgehead atoms. The third kappa shape index (κ3) is 4.92. The first-order valence-electron chi connectivity index (χ1n) is 14.9. The minimum absolute atomic E-state index is 0.0156. The molecule has 1 spiro atoms.